The highest BCUT2D eigenvalue weighted by Gasteiger charge is 2.38. The van der Waals surface area contributed by atoms with Crippen LogP contribution in [0.5, 0.6) is 0 Å². The Hall–Kier alpha value is -4.01. The topological polar surface area (TPSA) is 251 Å². The van der Waals surface area contributed by atoms with Gasteiger partial charge in [0.1, 0.15) is 18.1 Å². The molecule has 0 saturated carbocycles. The van der Waals surface area contributed by atoms with E-state index in [-0.39, 0.29) is 32.2 Å². The third-order valence-corrected chi connectivity index (χ3v) is 5.46. The van der Waals surface area contributed by atoms with Crippen molar-refractivity contribution in [2.45, 2.75) is 62.7 Å². The van der Waals surface area contributed by atoms with E-state index in [1.54, 1.807) is 0 Å². The Balaban J connectivity index is 2.22. The minimum atomic E-state index is -1.43. The van der Waals surface area contributed by atoms with E-state index in [2.05, 4.69) is 20.6 Å². The van der Waals surface area contributed by atoms with Crippen molar-refractivity contribution in [3.63, 3.8) is 0 Å². The average molecular weight is 495 g/mol. The van der Waals surface area contributed by atoms with Gasteiger partial charge < -0.3 is 42.2 Å². The first-order chi connectivity index (χ1) is 16.5. The number of nitrogens with zero attached hydrogens (tertiary/aromatic N) is 2. The van der Waals surface area contributed by atoms with Crippen molar-refractivity contribution in [3.8, 4) is 0 Å². The lowest BCUT2D eigenvalue weighted by molar-refractivity contribution is -0.149. The van der Waals surface area contributed by atoms with Crippen molar-refractivity contribution >= 4 is 35.6 Å². The second-order valence-corrected chi connectivity index (χ2v) is 8.14. The standard InChI is InChI=1S/C20H29N7O8/c21-11(7-16(29)30)17(31)26-13(6-10-8-23-9-24-10)18(32)25-12(3-4-15(22)28)19(33)27-5-1-2-14(27)20(34)35/h8-9,11-14H,1-7,21H2,(H2,22,28)(H,23,24)(H,25,32)(H,26,31)(H,29,30)(H,34,35). The number of imidazole rings is 1. The molecule has 1 saturated heterocycles. The fourth-order valence-corrected chi connectivity index (χ4v) is 3.69. The van der Waals surface area contributed by atoms with Gasteiger partial charge in [0.25, 0.3) is 0 Å². The number of nitrogens with one attached hydrogen (secondary N) is 3. The van der Waals surface area contributed by atoms with Crippen LogP contribution < -0.4 is 22.1 Å². The molecule has 4 unspecified atom stereocenters. The summed E-state index contributed by atoms with van der Waals surface area (Å²) in [7, 11) is 0. The summed E-state index contributed by atoms with van der Waals surface area (Å²) in [4.78, 5) is 80.0. The molecule has 0 aliphatic carbocycles. The Kier molecular flexibility index (Phi) is 9.69. The molecule has 0 bridgehead atoms. The lowest BCUT2D eigenvalue weighted by Gasteiger charge is -2.28. The first kappa shape index (κ1) is 27.2. The fourth-order valence-electron chi connectivity index (χ4n) is 3.69. The number of carbonyl (C=O) groups is 6. The molecule has 1 aromatic heterocycles. The van der Waals surface area contributed by atoms with Crippen molar-refractivity contribution in [1.29, 1.82) is 0 Å². The zero-order valence-electron chi connectivity index (χ0n) is 18.8. The molecule has 15 nitrogen and oxygen atoms in total. The highest BCUT2D eigenvalue weighted by atomic mass is 16.4. The third-order valence-electron chi connectivity index (χ3n) is 5.46. The molecule has 2 heterocycles. The first-order valence-electron chi connectivity index (χ1n) is 10.9. The number of H-pyrrole nitrogens is 1. The summed E-state index contributed by atoms with van der Waals surface area (Å²) in [5.41, 5.74) is 11.2. The summed E-state index contributed by atoms with van der Waals surface area (Å²) >= 11 is 0. The van der Waals surface area contributed by atoms with Gasteiger partial charge >= 0.3 is 11.9 Å². The Morgan fingerprint density at radius 3 is 2.40 bits per heavy atom. The summed E-state index contributed by atoms with van der Waals surface area (Å²) in [5, 5.41) is 23.1. The zero-order chi connectivity index (χ0) is 26.1. The number of aliphatic carboxylic acids is 2. The fraction of sp³-hybridized carbons (Fsp3) is 0.550. The Morgan fingerprint density at radius 2 is 1.83 bits per heavy atom. The predicted molar refractivity (Wildman–Crippen MR) is 117 cm³/mol. The minimum absolute atomic E-state index is 0.102. The molecule has 1 fully saturated rings. The number of hydrogen-bond acceptors (Lipinski definition) is 8. The number of aromatic nitrogens is 2. The van der Waals surface area contributed by atoms with E-state index in [1.165, 1.54) is 12.5 Å². The molecule has 1 aliphatic heterocycles. The largest absolute Gasteiger partial charge is 0.481 e. The first-order valence-corrected chi connectivity index (χ1v) is 10.9. The normalized spacial score (nSPS) is 17.7. The van der Waals surface area contributed by atoms with Crippen LogP contribution in [0.1, 0.15) is 37.8 Å². The number of carboxylic acid groups (broad SMARTS) is 2. The van der Waals surface area contributed by atoms with E-state index in [4.69, 9.17) is 16.6 Å². The molecular formula is C20H29N7O8. The van der Waals surface area contributed by atoms with Gasteiger partial charge in [-0.2, -0.15) is 0 Å². The molecule has 35 heavy (non-hydrogen) atoms. The van der Waals surface area contributed by atoms with Gasteiger partial charge in [-0.3, -0.25) is 24.0 Å². The molecule has 9 N–H and O–H groups in total. The van der Waals surface area contributed by atoms with E-state index in [9.17, 15) is 33.9 Å². The quantitative estimate of drug-likeness (QED) is 0.147. The summed E-state index contributed by atoms with van der Waals surface area (Å²) in [6.07, 6.45) is 2.24. The maximum absolute atomic E-state index is 13.1. The maximum atomic E-state index is 13.1. The Labute approximate surface area is 199 Å². The van der Waals surface area contributed by atoms with E-state index < -0.39 is 66.2 Å². The number of rotatable bonds is 13. The molecule has 4 amide bonds. The number of aromatic amines is 1. The van der Waals surface area contributed by atoms with Crippen LogP contribution in [-0.2, 0) is 35.2 Å². The summed E-state index contributed by atoms with van der Waals surface area (Å²) in [6.45, 7) is 0.164. The van der Waals surface area contributed by atoms with Gasteiger partial charge in [-0.1, -0.05) is 0 Å². The smallest absolute Gasteiger partial charge is 0.326 e. The molecule has 0 radical (unpaired) electrons. The zero-order valence-corrected chi connectivity index (χ0v) is 18.8. The molecule has 1 aromatic rings. The number of carboxylic acids is 2. The highest BCUT2D eigenvalue weighted by Crippen LogP contribution is 2.19. The van der Waals surface area contributed by atoms with Crippen molar-refractivity contribution in [2.75, 3.05) is 6.54 Å². The van der Waals surface area contributed by atoms with Gasteiger partial charge in [-0.15, -0.1) is 0 Å². The van der Waals surface area contributed by atoms with E-state index >= 15 is 0 Å². The van der Waals surface area contributed by atoms with Crippen LogP contribution in [0.25, 0.3) is 0 Å². The molecule has 4 atom stereocenters. The highest BCUT2D eigenvalue weighted by molar-refractivity contribution is 5.95. The van der Waals surface area contributed by atoms with Crippen LogP contribution in [0.4, 0.5) is 0 Å². The molecule has 1 aliphatic rings. The minimum Gasteiger partial charge on any atom is -0.481 e. The van der Waals surface area contributed by atoms with Crippen molar-refractivity contribution in [2.24, 2.45) is 11.5 Å². The second kappa shape index (κ2) is 12.5. The van der Waals surface area contributed by atoms with Gasteiger partial charge in [-0.25, -0.2) is 9.78 Å². The molecule has 0 aromatic carbocycles. The van der Waals surface area contributed by atoms with E-state index in [0.29, 0.717) is 12.1 Å². The van der Waals surface area contributed by atoms with Crippen LogP contribution in [0.15, 0.2) is 12.5 Å². The number of carbonyl (C=O) groups excluding carboxylic acids is 4. The van der Waals surface area contributed by atoms with E-state index in [1.807, 2.05) is 0 Å². The van der Waals surface area contributed by atoms with Gasteiger partial charge in [0.05, 0.1) is 18.8 Å². The molecular weight excluding hydrogens is 466 g/mol. The molecule has 0 spiro atoms. The van der Waals surface area contributed by atoms with Crippen LogP contribution >= 0.6 is 0 Å². The Bertz CT molecular complexity index is 951. The Morgan fingerprint density at radius 1 is 1.14 bits per heavy atom. The third kappa shape index (κ3) is 8.06. The van der Waals surface area contributed by atoms with Gasteiger partial charge in [0, 0.05) is 31.3 Å². The van der Waals surface area contributed by atoms with Crippen LogP contribution in [-0.4, -0.2) is 91.4 Å². The summed E-state index contributed by atoms with van der Waals surface area (Å²) in [6, 6.07) is -5.08. The van der Waals surface area contributed by atoms with Gasteiger partial charge in [0.15, 0.2) is 0 Å². The van der Waals surface area contributed by atoms with Crippen LogP contribution in [0, 0.1) is 0 Å². The molecule has 2 rings (SSSR count). The maximum Gasteiger partial charge on any atom is 0.326 e. The number of primary amides is 1. The lowest BCUT2D eigenvalue weighted by Crippen LogP contribution is -2.57. The molecule has 15 heteroatoms. The van der Waals surface area contributed by atoms with E-state index in [0.717, 1.165) is 4.90 Å². The van der Waals surface area contributed by atoms with Crippen molar-refractivity contribution in [1.82, 2.24) is 25.5 Å². The lowest BCUT2D eigenvalue weighted by atomic mass is 10.1. The summed E-state index contributed by atoms with van der Waals surface area (Å²) < 4.78 is 0. The van der Waals surface area contributed by atoms with Crippen molar-refractivity contribution < 1.29 is 39.0 Å². The van der Waals surface area contributed by atoms with Gasteiger partial charge in [0.2, 0.25) is 23.6 Å². The SMILES string of the molecule is NC(=O)CCC(NC(=O)C(Cc1cnc[nH]1)NC(=O)C(N)CC(=O)O)C(=O)N1CCCC1C(=O)O. The van der Waals surface area contributed by atoms with Crippen LogP contribution in [0.3, 0.4) is 0 Å². The number of nitrogens with two attached hydrogens (primary N) is 2. The second-order valence-electron chi connectivity index (χ2n) is 8.14. The number of hydrogen-bond donors (Lipinski definition) is 7. The number of likely N-dealkylation sites (tertiary alicyclic amines) is 1. The molecule has 192 valence electrons. The summed E-state index contributed by atoms with van der Waals surface area (Å²) in [5.74, 6) is -5.65. The monoisotopic (exact) mass is 495 g/mol. The predicted octanol–water partition coefficient (Wildman–Crippen LogP) is -2.94. The van der Waals surface area contributed by atoms with Crippen molar-refractivity contribution in [3.05, 3.63) is 18.2 Å². The van der Waals surface area contributed by atoms with Gasteiger partial charge in [-0.05, 0) is 19.3 Å². The number of amides is 4. The average Bonchev–Trinajstić information content (AvgIpc) is 3.46. The van der Waals surface area contributed by atoms with Crippen LogP contribution in [0.2, 0.25) is 0 Å².